The summed E-state index contributed by atoms with van der Waals surface area (Å²) in [6.07, 6.45) is 3.23. The SMILES string of the molecule is c1ccc2c3c(ccc2c1)OCCC[n+]1ccc2ccccc2c1-3. The largest absolute Gasteiger partial charge is 0.492 e. The molecule has 116 valence electrons. The predicted molar refractivity (Wildman–Crippen MR) is 97.2 cm³/mol. The molecule has 0 aliphatic carbocycles. The van der Waals surface area contributed by atoms with Gasteiger partial charge in [0.05, 0.1) is 17.6 Å². The van der Waals surface area contributed by atoms with E-state index in [4.69, 9.17) is 4.74 Å². The molecule has 0 amide bonds. The molecule has 0 atom stereocenters. The summed E-state index contributed by atoms with van der Waals surface area (Å²) in [4.78, 5) is 0. The molecule has 24 heavy (non-hydrogen) atoms. The summed E-state index contributed by atoms with van der Waals surface area (Å²) < 4.78 is 8.51. The van der Waals surface area contributed by atoms with Crippen LogP contribution in [0.5, 0.6) is 5.75 Å². The lowest BCUT2D eigenvalue weighted by atomic mass is 9.96. The molecule has 3 aromatic carbocycles. The zero-order chi connectivity index (χ0) is 15.9. The Morgan fingerprint density at radius 1 is 0.750 bits per heavy atom. The first kappa shape index (κ1) is 13.6. The molecule has 0 unspecified atom stereocenters. The standard InChI is InChI=1S/C22H18NO/c1-3-8-18-16(6-1)10-11-20-21(18)22-19-9-4-2-7-17(19)12-14-23(22)13-5-15-24-20/h1-4,6-12,14H,5,13,15H2/q+1. The van der Waals surface area contributed by atoms with Crippen LogP contribution in [0.15, 0.2) is 72.9 Å². The van der Waals surface area contributed by atoms with Crippen LogP contribution in [0.25, 0.3) is 32.8 Å². The Morgan fingerprint density at radius 3 is 2.38 bits per heavy atom. The number of ether oxygens (including phenoxy) is 1. The fraction of sp³-hybridized carbons (Fsp3) is 0.136. The summed E-state index contributed by atoms with van der Waals surface area (Å²) >= 11 is 0. The highest BCUT2D eigenvalue weighted by Crippen LogP contribution is 2.39. The fourth-order valence-electron chi connectivity index (χ4n) is 3.76. The third-order valence-electron chi connectivity index (χ3n) is 4.87. The molecular weight excluding hydrogens is 294 g/mol. The van der Waals surface area contributed by atoms with Crippen molar-refractivity contribution < 1.29 is 9.30 Å². The van der Waals surface area contributed by atoms with Gasteiger partial charge < -0.3 is 4.74 Å². The van der Waals surface area contributed by atoms with Crippen LogP contribution in [-0.4, -0.2) is 6.61 Å². The third kappa shape index (κ3) is 2.00. The Balaban J connectivity index is 1.99. The molecule has 5 rings (SSSR count). The smallest absolute Gasteiger partial charge is 0.224 e. The second-order valence-corrected chi connectivity index (χ2v) is 6.31. The lowest BCUT2D eigenvalue weighted by Gasteiger charge is -2.17. The second kappa shape index (κ2) is 5.34. The number of pyridine rings is 1. The first-order valence-electron chi connectivity index (χ1n) is 8.48. The average molecular weight is 312 g/mol. The van der Waals surface area contributed by atoms with Crippen molar-refractivity contribution in [1.29, 1.82) is 0 Å². The number of aromatic nitrogens is 1. The van der Waals surface area contributed by atoms with Crippen LogP contribution in [0.1, 0.15) is 6.42 Å². The highest BCUT2D eigenvalue weighted by molar-refractivity contribution is 6.05. The van der Waals surface area contributed by atoms with Gasteiger partial charge in [0.1, 0.15) is 5.75 Å². The summed E-state index contributed by atoms with van der Waals surface area (Å²) in [5.74, 6) is 0.985. The van der Waals surface area contributed by atoms with Crippen molar-refractivity contribution in [2.75, 3.05) is 6.61 Å². The van der Waals surface area contributed by atoms with Gasteiger partial charge in [-0.2, -0.15) is 4.57 Å². The zero-order valence-corrected chi connectivity index (χ0v) is 13.4. The maximum absolute atomic E-state index is 6.13. The topological polar surface area (TPSA) is 13.1 Å². The van der Waals surface area contributed by atoms with Gasteiger partial charge >= 0.3 is 0 Å². The summed E-state index contributed by atoms with van der Waals surface area (Å²) in [7, 11) is 0. The molecule has 0 radical (unpaired) electrons. The molecule has 0 bridgehead atoms. The number of rotatable bonds is 0. The van der Waals surface area contributed by atoms with E-state index in [0.717, 1.165) is 25.3 Å². The average Bonchev–Trinajstić information content (AvgIpc) is 2.62. The number of hydrogen-bond donors (Lipinski definition) is 0. The highest BCUT2D eigenvalue weighted by atomic mass is 16.5. The van der Waals surface area contributed by atoms with Crippen LogP contribution in [0.4, 0.5) is 0 Å². The van der Waals surface area contributed by atoms with Crippen LogP contribution in [-0.2, 0) is 6.54 Å². The predicted octanol–water partition coefficient (Wildman–Crippen LogP) is 4.73. The summed E-state index contributed by atoms with van der Waals surface area (Å²) in [5, 5.41) is 5.05. The Morgan fingerprint density at radius 2 is 1.50 bits per heavy atom. The van der Waals surface area contributed by atoms with Gasteiger partial charge in [0.25, 0.3) is 0 Å². The lowest BCUT2D eigenvalue weighted by molar-refractivity contribution is -0.685. The molecule has 0 saturated heterocycles. The third-order valence-corrected chi connectivity index (χ3v) is 4.87. The van der Waals surface area contributed by atoms with Gasteiger partial charge in [-0.25, -0.2) is 0 Å². The Bertz CT molecular complexity index is 981. The maximum Gasteiger partial charge on any atom is 0.224 e. The van der Waals surface area contributed by atoms with E-state index < -0.39 is 0 Å². The van der Waals surface area contributed by atoms with Gasteiger partial charge in [-0.1, -0.05) is 48.5 Å². The minimum atomic E-state index is 0.755. The van der Waals surface area contributed by atoms with Gasteiger partial charge in [0.2, 0.25) is 5.69 Å². The molecule has 0 spiro atoms. The minimum Gasteiger partial charge on any atom is -0.492 e. The number of benzene rings is 3. The van der Waals surface area contributed by atoms with Crippen molar-refractivity contribution in [2.45, 2.75) is 13.0 Å². The molecule has 0 fully saturated rings. The Kier molecular flexibility index (Phi) is 3.02. The first-order valence-corrected chi connectivity index (χ1v) is 8.48. The Labute approximate surface area is 140 Å². The molecule has 1 aromatic heterocycles. The lowest BCUT2D eigenvalue weighted by Crippen LogP contribution is -2.38. The van der Waals surface area contributed by atoms with Gasteiger partial charge in [-0.05, 0) is 28.3 Å². The number of nitrogens with zero attached hydrogens (tertiary/aromatic N) is 1. The normalized spacial score (nSPS) is 13.7. The van der Waals surface area contributed by atoms with Crippen LogP contribution in [0, 0.1) is 0 Å². The van der Waals surface area contributed by atoms with E-state index in [9.17, 15) is 0 Å². The summed E-state index contributed by atoms with van der Waals surface area (Å²) in [6, 6.07) is 23.7. The van der Waals surface area contributed by atoms with E-state index in [1.807, 2.05) is 0 Å². The van der Waals surface area contributed by atoms with E-state index in [1.54, 1.807) is 0 Å². The maximum atomic E-state index is 6.13. The Hall–Kier alpha value is -2.87. The van der Waals surface area contributed by atoms with E-state index in [0.29, 0.717) is 0 Å². The van der Waals surface area contributed by atoms with Gasteiger partial charge in [-0.3, -0.25) is 0 Å². The van der Waals surface area contributed by atoms with Crippen molar-refractivity contribution in [1.82, 2.24) is 0 Å². The van der Waals surface area contributed by atoms with Crippen LogP contribution >= 0.6 is 0 Å². The molecule has 0 N–H and O–H groups in total. The van der Waals surface area contributed by atoms with Crippen molar-refractivity contribution in [3.05, 3.63) is 72.9 Å². The van der Waals surface area contributed by atoms with Crippen LogP contribution in [0.3, 0.4) is 0 Å². The quantitative estimate of drug-likeness (QED) is 0.428. The summed E-state index contributed by atoms with van der Waals surface area (Å²) in [6.45, 7) is 1.73. The minimum absolute atomic E-state index is 0.755. The molecule has 2 nitrogen and oxygen atoms in total. The highest BCUT2D eigenvalue weighted by Gasteiger charge is 2.25. The van der Waals surface area contributed by atoms with Crippen molar-refractivity contribution in [3.63, 3.8) is 0 Å². The van der Waals surface area contributed by atoms with Gasteiger partial charge in [0, 0.05) is 12.5 Å². The molecule has 2 heterocycles. The monoisotopic (exact) mass is 312 g/mol. The first-order chi connectivity index (χ1) is 11.9. The van der Waals surface area contributed by atoms with E-state index >= 15 is 0 Å². The van der Waals surface area contributed by atoms with Gasteiger partial charge in [0.15, 0.2) is 12.7 Å². The second-order valence-electron chi connectivity index (χ2n) is 6.31. The van der Waals surface area contributed by atoms with Crippen LogP contribution < -0.4 is 9.30 Å². The number of fused-ring (bicyclic) bond motifs is 7. The van der Waals surface area contributed by atoms with E-state index in [2.05, 4.69) is 77.5 Å². The molecule has 1 aliphatic rings. The summed E-state index contributed by atoms with van der Waals surface area (Å²) in [5.41, 5.74) is 2.48. The van der Waals surface area contributed by atoms with E-state index in [1.165, 1.54) is 32.8 Å². The van der Waals surface area contributed by atoms with Gasteiger partial charge in [-0.15, -0.1) is 0 Å². The van der Waals surface area contributed by atoms with E-state index in [-0.39, 0.29) is 0 Å². The molecule has 1 aliphatic heterocycles. The molecule has 0 saturated carbocycles. The fourth-order valence-corrected chi connectivity index (χ4v) is 3.76. The molecule has 4 aromatic rings. The molecule has 2 heteroatoms. The number of hydrogen-bond acceptors (Lipinski definition) is 1. The van der Waals surface area contributed by atoms with Crippen molar-refractivity contribution in [3.8, 4) is 17.0 Å². The zero-order valence-electron chi connectivity index (χ0n) is 13.4. The van der Waals surface area contributed by atoms with Crippen molar-refractivity contribution >= 4 is 21.5 Å². The number of aryl methyl sites for hydroxylation is 1. The van der Waals surface area contributed by atoms with Crippen molar-refractivity contribution in [2.24, 2.45) is 0 Å². The molecular formula is C22H18NO+. The van der Waals surface area contributed by atoms with Crippen LogP contribution in [0.2, 0.25) is 0 Å².